The van der Waals surface area contributed by atoms with E-state index in [1.165, 1.54) is 11.3 Å². The van der Waals surface area contributed by atoms with Crippen LogP contribution in [0.25, 0.3) is 0 Å². The van der Waals surface area contributed by atoms with E-state index in [9.17, 15) is 9.90 Å². The Hall–Kier alpha value is -1.93. The van der Waals surface area contributed by atoms with Gasteiger partial charge in [0.1, 0.15) is 5.69 Å². The number of thiazole rings is 1. The topological polar surface area (TPSA) is 92.1 Å². The number of hydrogen-bond acceptors (Lipinski definition) is 6. The Balaban J connectivity index is 1.66. The predicted molar refractivity (Wildman–Crippen MR) is 79.3 cm³/mol. The molecule has 1 aliphatic rings. The van der Waals surface area contributed by atoms with Gasteiger partial charge in [0.2, 0.25) is 0 Å². The lowest BCUT2D eigenvalue weighted by Crippen LogP contribution is -2.32. The van der Waals surface area contributed by atoms with Gasteiger partial charge in [-0.2, -0.15) is 5.10 Å². The van der Waals surface area contributed by atoms with Gasteiger partial charge in [0.15, 0.2) is 5.13 Å². The second-order valence-electron chi connectivity index (χ2n) is 5.04. The Kier molecular flexibility index (Phi) is 3.89. The number of aromatic nitrogens is 3. The minimum Gasteiger partial charge on any atom is -0.394 e. The van der Waals surface area contributed by atoms with Crippen LogP contribution in [0.5, 0.6) is 0 Å². The normalized spacial score (nSPS) is 15.7. The molecular weight excluding hydrogens is 290 g/mol. The van der Waals surface area contributed by atoms with E-state index in [4.69, 9.17) is 0 Å². The zero-order valence-corrected chi connectivity index (χ0v) is 12.4. The zero-order valence-electron chi connectivity index (χ0n) is 11.6. The van der Waals surface area contributed by atoms with Crippen LogP contribution in [-0.4, -0.2) is 38.4 Å². The molecule has 1 unspecified atom stereocenters. The quantitative estimate of drug-likeness (QED) is 0.738. The van der Waals surface area contributed by atoms with Crippen molar-refractivity contribution < 1.29 is 9.90 Å². The lowest BCUT2D eigenvalue weighted by Gasteiger charge is -2.15. The Morgan fingerprint density at radius 1 is 1.62 bits per heavy atom. The van der Waals surface area contributed by atoms with E-state index in [0.717, 1.165) is 23.7 Å². The number of rotatable bonds is 6. The van der Waals surface area contributed by atoms with E-state index < -0.39 is 6.04 Å². The first-order valence-corrected chi connectivity index (χ1v) is 7.67. The van der Waals surface area contributed by atoms with Gasteiger partial charge >= 0.3 is 0 Å². The summed E-state index contributed by atoms with van der Waals surface area (Å²) in [6.07, 6.45) is 3.95. The summed E-state index contributed by atoms with van der Waals surface area (Å²) < 4.78 is 1.63. The highest BCUT2D eigenvalue weighted by molar-refractivity contribution is 7.13. The van der Waals surface area contributed by atoms with Crippen LogP contribution in [0.3, 0.4) is 0 Å². The highest BCUT2D eigenvalue weighted by atomic mass is 32.1. The van der Waals surface area contributed by atoms with Crippen LogP contribution in [0, 0.1) is 0 Å². The summed E-state index contributed by atoms with van der Waals surface area (Å²) in [5, 5.41) is 22.0. The number of carbonyl (C=O) groups is 1. The van der Waals surface area contributed by atoms with Crippen LogP contribution in [0.1, 0.15) is 35.1 Å². The number of aliphatic hydroxyl groups is 1. The molecule has 2 heterocycles. The van der Waals surface area contributed by atoms with Crippen molar-refractivity contribution in [2.75, 3.05) is 11.9 Å². The predicted octanol–water partition coefficient (Wildman–Crippen LogP) is 0.914. The minimum absolute atomic E-state index is 0.192. The molecule has 3 rings (SSSR count). The first-order chi connectivity index (χ1) is 10.2. The maximum absolute atomic E-state index is 12.2. The van der Waals surface area contributed by atoms with Gasteiger partial charge in [-0.1, -0.05) is 0 Å². The molecule has 21 heavy (non-hydrogen) atoms. The Morgan fingerprint density at radius 3 is 3.05 bits per heavy atom. The molecule has 2 aromatic heterocycles. The number of aryl methyl sites for hydroxylation is 1. The fourth-order valence-electron chi connectivity index (χ4n) is 2.02. The summed E-state index contributed by atoms with van der Waals surface area (Å²) >= 11 is 1.42. The molecule has 8 heteroatoms. The van der Waals surface area contributed by atoms with Crippen molar-refractivity contribution in [3.05, 3.63) is 29.0 Å². The van der Waals surface area contributed by atoms with Crippen molar-refractivity contribution in [2.24, 2.45) is 7.05 Å². The Bertz CT molecular complexity index is 634. The number of amides is 1. The van der Waals surface area contributed by atoms with Crippen LogP contribution in [0.15, 0.2) is 17.6 Å². The number of anilines is 1. The number of hydrogen-bond donors (Lipinski definition) is 3. The smallest absolute Gasteiger partial charge is 0.271 e. The molecule has 0 radical (unpaired) electrons. The summed E-state index contributed by atoms with van der Waals surface area (Å²) in [6.45, 7) is -0.192. The van der Waals surface area contributed by atoms with E-state index >= 15 is 0 Å². The third-order valence-corrected chi connectivity index (χ3v) is 4.12. The van der Waals surface area contributed by atoms with Crippen LogP contribution in [0.4, 0.5) is 5.13 Å². The van der Waals surface area contributed by atoms with E-state index in [2.05, 4.69) is 20.7 Å². The molecule has 1 saturated carbocycles. The summed E-state index contributed by atoms with van der Waals surface area (Å²) in [7, 11) is 1.77. The van der Waals surface area contributed by atoms with Gasteiger partial charge in [-0.25, -0.2) is 4.98 Å². The van der Waals surface area contributed by atoms with Crippen LogP contribution in [0.2, 0.25) is 0 Å². The van der Waals surface area contributed by atoms with Gasteiger partial charge in [-0.05, 0) is 18.9 Å². The molecule has 0 aliphatic heterocycles. The highest BCUT2D eigenvalue weighted by Crippen LogP contribution is 2.26. The molecule has 1 aliphatic carbocycles. The first-order valence-electron chi connectivity index (χ1n) is 6.79. The summed E-state index contributed by atoms with van der Waals surface area (Å²) in [5.41, 5.74) is 1.11. The molecule has 1 fully saturated rings. The third kappa shape index (κ3) is 3.22. The molecule has 0 aromatic carbocycles. The summed E-state index contributed by atoms with van der Waals surface area (Å²) in [6, 6.07) is 1.78. The van der Waals surface area contributed by atoms with Crippen LogP contribution in [-0.2, 0) is 7.05 Å². The van der Waals surface area contributed by atoms with Crippen molar-refractivity contribution in [1.29, 1.82) is 0 Å². The second kappa shape index (κ2) is 5.82. The van der Waals surface area contributed by atoms with E-state index in [1.807, 2.05) is 0 Å². The van der Waals surface area contributed by atoms with Crippen molar-refractivity contribution >= 4 is 22.4 Å². The Labute approximate surface area is 126 Å². The van der Waals surface area contributed by atoms with Crippen LogP contribution < -0.4 is 10.6 Å². The lowest BCUT2D eigenvalue weighted by atomic mass is 10.2. The molecule has 1 amide bonds. The maximum Gasteiger partial charge on any atom is 0.271 e. The highest BCUT2D eigenvalue weighted by Gasteiger charge is 2.23. The molecule has 1 atom stereocenters. The van der Waals surface area contributed by atoms with Crippen LogP contribution >= 0.6 is 11.3 Å². The molecule has 3 N–H and O–H groups in total. The summed E-state index contributed by atoms with van der Waals surface area (Å²) in [4.78, 5) is 16.5. The zero-order chi connectivity index (χ0) is 14.8. The van der Waals surface area contributed by atoms with Gasteiger partial charge in [0.25, 0.3) is 5.91 Å². The molecule has 0 bridgehead atoms. The number of carbonyl (C=O) groups excluding carboxylic acids is 1. The van der Waals surface area contributed by atoms with Crippen molar-refractivity contribution in [1.82, 2.24) is 20.1 Å². The number of nitrogens with one attached hydrogen (secondary N) is 2. The van der Waals surface area contributed by atoms with Crippen molar-refractivity contribution in [3.8, 4) is 0 Å². The number of aliphatic hydroxyl groups excluding tert-OH is 1. The summed E-state index contributed by atoms with van der Waals surface area (Å²) in [5.74, 6) is -0.296. The van der Waals surface area contributed by atoms with Gasteiger partial charge in [0, 0.05) is 24.7 Å². The van der Waals surface area contributed by atoms with E-state index in [-0.39, 0.29) is 12.5 Å². The third-order valence-electron chi connectivity index (χ3n) is 3.35. The van der Waals surface area contributed by atoms with Crippen molar-refractivity contribution in [3.63, 3.8) is 0 Å². The minimum atomic E-state index is -0.494. The molecular formula is C13H17N5O2S. The van der Waals surface area contributed by atoms with E-state index in [1.54, 1.807) is 29.4 Å². The van der Waals surface area contributed by atoms with E-state index in [0.29, 0.717) is 11.7 Å². The fraction of sp³-hybridized carbons (Fsp3) is 0.462. The van der Waals surface area contributed by atoms with Gasteiger partial charge in [-0.3, -0.25) is 9.48 Å². The number of nitrogens with zero attached hydrogens (tertiary/aromatic N) is 3. The average molecular weight is 307 g/mol. The molecule has 0 spiro atoms. The SMILES string of the molecule is Cn1nccc1C(CO)NC(=O)c1csc(NC2CC2)n1. The largest absolute Gasteiger partial charge is 0.394 e. The second-order valence-corrected chi connectivity index (χ2v) is 5.90. The molecule has 0 saturated heterocycles. The standard InChI is InChI=1S/C13H17N5O2S/c1-18-11(4-5-14-18)9(6-19)16-12(20)10-7-21-13(17-10)15-8-2-3-8/h4-5,7-9,19H,2-3,6H2,1H3,(H,15,17)(H,16,20). The lowest BCUT2D eigenvalue weighted by molar-refractivity contribution is 0.0909. The first kappa shape index (κ1) is 14.0. The van der Waals surface area contributed by atoms with Gasteiger partial charge < -0.3 is 15.7 Å². The van der Waals surface area contributed by atoms with Gasteiger partial charge in [-0.15, -0.1) is 11.3 Å². The Morgan fingerprint density at radius 2 is 2.43 bits per heavy atom. The average Bonchev–Trinajstić information content (AvgIpc) is 2.98. The maximum atomic E-state index is 12.2. The molecule has 7 nitrogen and oxygen atoms in total. The van der Waals surface area contributed by atoms with Crippen molar-refractivity contribution in [2.45, 2.75) is 24.9 Å². The molecule has 2 aromatic rings. The van der Waals surface area contributed by atoms with Gasteiger partial charge in [0.05, 0.1) is 18.3 Å². The fourth-order valence-corrected chi connectivity index (χ4v) is 2.79. The monoisotopic (exact) mass is 307 g/mol. The molecule has 112 valence electrons.